The average Bonchev–Trinajstić information content (AvgIpc) is 2.81. The van der Waals surface area contributed by atoms with Crippen LogP contribution in [0.15, 0.2) is 6.07 Å². The second-order valence-electron chi connectivity index (χ2n) is 13.2. The molecule has 2 fully saturated rings. The summed E-state index contributed by atoms with van der Waals surface area (Å²) in [5.41, 5.74) is 3.27. The number of Topliss-reactive ketones (excluding diaryl/α,β-unsaturated/α-hetero) is 5. The molecule has 0 heterocycles. The Balaban J connectivity index is 1.83. The molecule has 0 bridgehead atoms. The summed E-state index contributed by atoms with van der Waals surface area (Å²) in [6.45, 7) is 11.6. The van der Waals surface area contributed by atoms with Crippen molar-refractivity contribution in [1.82, 2.24) is 5.32 Å². The zero-order chi connectivity index (χ0) is 30.1. The van der Waals surface area contributed by atoms with Crippen LogP contribution in [0.1, 0.15) is 79.8 Å². The van der Waals surface area contributed by atoms with E-state index in [0.29, 0.717) is 17.7 Å². The van der Waals surface area contributed by atoms with Crippen LogP contribution in [0.2, 0.25) is 0 Å². The van der Waals surface area contributed by atoms with Crippen molar-refractivity contribution in [2.24, 2.45) is 46.7 Å². The Morgan fingerprint density at radius 3 is 2.30 bits per heavy atom. The Labute approximate surface area is 233 Å². The number of primary amides is 1. The van der Waals surface area contributed by atoms with Crippen molar-refractivity contribution < 1.29 is 39.0 Å². The van der Waals surface area contributed by atoms with Gasteiger partial charge in [0.1, 0.15) is 5.75 Å². The highest BCUT2D eigenvalue weighted by atomic mass is 16.3. The summed E-state index contributed by atoms with van der Waals surface area (Å²) in [6, 6.07) is 1.56. The quantitative estimate of drug-likeness (QED) is 0.300. The maximum Gasteiger partial charge on any atom is 0.235 e. The molecule has 3 aliphatic carbocycles. The first-order chi connectivity index (χ1) is 18.4. The number of benzene rings is 1. The zero-order valence-corrected chi connectivity index (χ0v) is 23.8. The summed E-state index contributed by atoms with van der Waals surface area (Å²) in [7, 11) is 0. The largest absolute Gasteiger partial charge is 0.507 e. The van der Waals surface area contributed by atoms with Gasteiger partial charge in [0.15, 0.2) is 40.4 Å². The Morgan fingerprint density at radius 1 is 1.15 bits per heavy atom. The van der Waals surface area contributed by atoms with Crippen molar-refractivity contribution >= 4 is 34.8 Å². The van der Waals surface area contributed by atoms with E-state index in [1.165, 1.54) is 6.92 Å². The lowest BCUT2D eigenvalue weighted by Gasteiger charge is -2.52. The number of hydrogen-bond acceptors (Lipinski definition) is 9. The Bertz CT molecular complexity index is 1340. The second-order valence-corrected chi connectivity index (χ2v) is 13.2. The van der Waals surface area contributed by atoms with E-state index >= 15 is 0 Å². The third-order valence-electron chi connectivity index (χ3n) is 8.74. The number of fused-ring (bicyclic) bond motifs is 3. The number of aliphatic hydroxyl groups is 1. The van der Waals surface area contributed by atoms with Gasteiger partial charge >= 0.3 is 0 Å². The van der Waals surface area contributed by atoms with Gasteiger partial charge in [-0.05, 0) is 48.6 Å². The summed E-state index contributed by atoms with van der Waals surface area (Å²) >= 11 is 0. The van der Waals surface area contributed by atoms with E-state index in [1.54, 1.807) is 19.9 Å². The number of nitrogens with one attached hydrogen (secondary N) is 1. The molecule has 40 heavy (non-hydrogen) atoms. The lowest BCUT2D eigenvalue weighted by molar-refractivity contribution is -0.182. The van der Waals surface area contributed by atoms with Gasteiger partial charge in [-0.2, -0.15) is 0 Å². The SMILES string of the molecule is CC(=O)c1cc(CNCC(C)(C)C)c(O)c2c1C[C@H]1C[C@H]3[C@H](C(C)C)C(=O)C(C(N)=O)C(=O)[C@@]3(O)C(=O)C1C2=O. The van der Waals surface area contributed by atoms with Gasteiger partial charge in [-0.25, -0.2) is 0 Å². The van der Waals surface area contributed by atoms with Crippen LogP contribution < -0.4 is 11.1 Å². The number of amides is 1. The highest BCUT2D eigenvalue weighted by Crippen LogP contribution is 2.53. The molecule has 10 heteroatoms. The van der Waals surface area contributed by atoms with Crippen LogP contribution in [-0.2, 0) is 32.1 Å². The van der Waals surface area contributed by atoms with E-state index in [1.807, 2.05) is 20.8 Å². The van der Waals surface area contributed by atoms with Crippen molar-refractivity contribution in [3.63, 3.8) is 0 Å². The zero-order valence-electron chi connectivity index (χ0n) is 23.8. The molecular weight excluding hydrogens is 516 g/mol. The Kier molecular flexibility index (Phi) is 7.43. The molecule has 0 radical (unpaired) electrons. The van der Waals surface area contributed by atoms with Gasteiger partial charge < -0.3 is 21.3 Å². The summed E-state index contributed by atoms with van der Waals surface area (Å²) in [5.74, 6) is -12.6. The van der Waals surface area contributed by atoms with Crippen LogP contribution in [0.25, 0.3) is 0 Å². The van der Waals surface area contributed by atoms with E-state index in [0.717, 1.165) is 0 Å². The van der Waals surface area contributed by atoms with Crippen LogP contribution in [0.5, 0.6) is 5.75 Å². The molecule has 6 atom stereocenters. The van der Waals surface area contributed by atoms with Gasteiger partial charge in [-0.3, -0.25) is 28.8 Å². The summed E-state index contributed by atoms with van der Waals surface area (Å²) in [4.78, 5) is 79.4. The fraction of sp³-hybridized carbons (Fsp3) is 0.600. The third-order valence-corrected chi connectivity index (χ3v) is 8.74. The monoisotopic (exact) mass is 554 g/mol. The van der Waals surface area contributed by atoms with Crippen molar-refractivity contribution in [2.75, 3.05) is 6.54 Å². The van der Waals surface area contributed by atoms with Crippen molar-refractivity contribution in [3.8, 4) is 5.75 Å². The van der Waals surface area contributed by atoms with Crippen LogP contribution in [-0.4, -0.2) is 57.2 Å². The van der Waals surface area contributed by atoms with Crippen LogP contribution in [0, 0.1) is 40.9 Å². The van der Waals surface area contributed by atoms with Gasteiger partial charge in [0.25, 0.3) is 0 Å². The average molecular weight is 555 g/mol. The number of hydrogen-bond donors (Lipinski definition) is 4. The van der Waals surface area contributed by atoms with Crippen LogP contribution >= 0.6 is 0 Å². The van der Waals surface area contributed by atoms with Crippen LogP contribution in [0.4, 0.5) is 0 Å². The number of aromatic hydroxyl groups is 1. The first-order valence-corrected chi connectivity index (χ1v) is 13.7. The standard InChI is InChI=1S/C30H38N2O8/c1-12(2)19-18-9-14-7-17-16(13(3)33)8-15(10-32-11-29(4,5)6)23(34)21(17)25(36)20(14)26(37)30(18,40)27(38)22(24(19)35)28(31)39/h8,12,14,18-20,22,32,34,40H,7,9-11H2,1-6H3,(H2,31,39)/t14-,18-,19-,20?,22?,30-/m0/s1. The smallest absolute Gasteiger partial charge is 0.235 e. The van der Waals surface area contributed by atoms with Gasteiger partial charge in [-0.1, -0.05) is 34.6 Å². The first-order valence-electron chi connectivity index (χ1n) is 13.7. The number of ketones is 5. The first kappa shape index (κ1) is 29.7. The molecule has 10 nitrogen and oxygen atoms in total. The number of phenols is 1. The number of carbonyl (C=O) groups is 6. The maximum absolute atomic E-state index is 14.0. The molecule has 216 valence electrons. The highest BCUT2D eigenvalue weighted by molar-refractivity contribution is 6.32. The van der Waals surface area contributed by atoms with Gasteiger partial charge in [0.05, 0.1) is 11.5 Å². The Hall–Kier alpha value is -3.24. The molecule has 3 aliphatic rings. The van der Waals surface area contributed by atoms with E-state index in [9.17, 15) is 39.0 Å². The number of phenolic OH excluding ortho intramolecular Hbond substituents is 1. The topological polar surface area (TPSA) is 181 Å². The molecule has 1 aromatic rings. The van der Waals surface area contributed by atoms with Crippen molar-refractivity contribution in [3.05, 3.63) is 28.3 Å². The number of nitrogens with two attached hydrogens (primary N) is 1. The Morgan fingerprint density at radius 2 is 1.77 bits per heavy atom. The normalized spacial score (nSPS) is 30.1. The summed E-state index contributed by atoms with van der Waals surface area (Å²) in [6.07, 6.45) is 0.0333. The van der Waals surface area contributed by atoms with Crippen molar-refractivity contribution in [2.45, 2.75) is 66.5 Å². The lowest BCUT2D eigenvalue weighted by atomic mass is 9.49. The van der Waals surface area contributed by atoms with Crippen molar-refractivity contribution in [1.29, 1.82) is 0 Å². The molecule has 4 rings (SSSR count). The molecule has 5 N–H and O–H groups in total. The second kappa shape index (κ2) is 9.99. The maximum atomic E-state index is 14.0. The predicted octanol–water partition coefficient (Wildman–Crippen LogP) is 1.55. The molecule has 0 spiro atoms. The lowest BCUT2D eigenvalue weighted by Crippen LogP contribution is -2.71. The van der Waals surface area contributed by atoms with E-state index in [-0.39, 0.29) is 47.5 Å². The van der Waals surface area contributed by atoms with Gasteiger partial charge in [-0.15, -0.1) is 0 Å². The molecule has 0 saturated heterocycles. The minimum Gasteiger partial charge on any atom is -0.507 e. The van der Waals surface area contributed by atoms with E-state index in [2.05, 4.69) is 5.32 Å². The molecule has 0 aromatic heterocycles. The molecule has 0 aliphatic heterocycles. The molecular formula is C30H38N2O8. The molecule has 1 amide bonds. The van der Waals surface area contributed by atoms with Gasteiger partial charge in [0.2, 0.25) is 5.91 Å². The summed E-state index contributed by atoms with van der Waals surface area (Å²) < 4.78 is 0. The number of carbonyl (C=O) groups excluding carboxylic acids is 6. The highest BCUT2D eigenvalue weighted by Gasteiger charge is 2.69. The fourth-order valence-electron chi connectivity index (χ4n) is 7.00. The minimum atomic E-state index is -2.75. The predicted molar refractivity (Wildman–Crippen MR) is 143 cm³/mol. The molecule has 2 saturated carbocycles. The minimum absolute atomic E-state index is 0.0309. The number of rotatable bonds is 6. The summed E-state index contributed by atoms with van der Waals surface area (Å²) in [5, 5.41) is 26.1. The van der Waals surface area contributed by atoms with Gasteiger partial charge in [0, 0.05) is 36.1 Å². The third kappa shape index (κ3) is 4.51. The van der Waals surface area contributed by atoms with Crippen LogP contribution in [0.3, 0.4) is 0 Å². The van der Waals surface area contributed by atoms with E-state index < -0.39 is 70.1 Å². The molecule has 1 aromatic carbocycles. The van der Waals surface area contributed by atoms with E-state index in [4.69, 9.17) is 5.73 Å². The fourth-order valence-corrected chi connectivity index (χ4v) is 7.00. The molecule has 2 unspecified atom stereocenters.